The number of benzene rings is 1. The van der Waals surface area contributed by atoms with E-state index in [9.17, 15) is 10.1 Å². The average Bonchev–Trinajstić information content (AvgIpc) is 2.27. The van der Waals surface area contributed by atoms with Crippen molar-refractivity contribution in [3.63, 3.8) is 0 Å². The predicted octanol–water partition coefficient (Wildman–Crippen LogP) is 2.76. The Morgan fingerprint density at radius 2 is 2.33 bits per heavy atom. The van der Waals surface area contributed by atoms with Crippen molar-refractivity contribution < 1.29 is 4.92 Å². The molecule has 0 radical (unpaired) electrons. The standard InChI is InChI=1S/C11H10N2O2/c1-3-8(2)11-6-10(13(14)15)5-4-9(11)7-12/h3-6,8H,1H2,2H3. The fourth-order valence-electron chi connectivity index (χ4n) is 1.27. The molecule has 0 N–H and O–H groups in total. The minimum absolute atomic E-state index is 0.00213. The molecule has 0 saturated carbocycles. The molecule has 76 valence electrons. The SMILES string of the molecule is C=CC(C)c1cc([N+](=O)[O-])ccc1C#N. The molecule has 4 heteroatoms. The first-order valence-corrected chi connectivity index (χ1v) is 4.41. The van der Waals surface area contributed by atoms with Gasteiger partial charge in [-0.1, -0.05) is 13.0 Å². The van der Waals surface area contributed by atoms with Crippen molar-refractivity contribution in [3.8, 4) is 6.07 Å². The molecule has 0 heterocycles. The van der Waals surface area contributed by atoms with Gasteiger partial charge in [-0.15, -0.1) is 6.58 Å². The zero-order valence-corrected chi connectivity index (χ0v) is 8.30. The molecule has 0 aliphatic heterocycles. The largest absolute Gasteiger partial charge is 0.269 e. The monoisotopic (exact) mass is 202 g/mol. The van der Waals surface area contributed by atoms with Gasteiger partial charge >= 0.3 is 0 Å². The van der Waals surface area contributed by atoms with Crippen LogP contribution >= 0.6 is 0 Å². The first kappa shape index (κ1) is 10.9. The number of hydrogen-bond acceptors (Lipinski definition) is 3. The Morgan fingerprint density at radius 1 is 1.67 bits per heavy atom. The van der Waals surface area contributed by atoms with Crippen molar-refractivity contribution in [2.75, 3.05) is 0 Å². The molecule has 0 aliphatic rings. The summed E-state index contributed by atoms with van der Waals surface area (Å²) in [5, 5.41) is 19.4. The summed E-state index contributed by atoms with van der Waals surface area (Å²) >= 11 is 0. The van der Waals surface area contributed by atoms with Gasteiger partial charge in [0, 0.05) is 18.1 Å². The maximum absolute atomic E-state index is 10.6. The lowest BCUT2D eigenvalue weighted by Gasteiger charge is -2.07. The van der Waals surface area contributed by atoms with E-state index in [0.29, 0.717) is 11.1 Å². The van der Waals surface area contributed by atoms with Crippen LogP contribution in [0, 0.1) is 21.4 Å². The summed E-state index contributed by atoms with van der Waals surface area (Å²) in [6.45, 7) is 5.45. The molecule has 4 nitrogen and oxygen atoms in total. The van der Waals surface area contributed by atoms with Crippen molar-refractivity contribution in [2.24, 2.45) is 0 Å². The summed E-state index contributed by atoms with van der Waals surface area (Å²) < 4.78 is 0. The molecule has 1 atom stereocenters. The van der Waals surface area contributed by atoms with Crippen molar-refractivity contribution in [1.82, 2.24) is 0 Å². The number of nitriles is 1. The molecule has 1 aromatic carbocycles. The molecule has 0 spiro atoms. The van der Waals surface area contributed by atoms with Gasteiger partial charge in [-0.05, 0) is 11.6 Å². The van der Waals surface area contributed by atoms with E-state index in [1.165, 1.54) is 18.2 Å². The zero-order valence-electron chi connectivity index (χ0n) is 8.30. The quantitative estimate of drug-likeness (QED) is 0.430. The summed E-state index contributed by atoms with van der Waals surface area (Å²) in [5.41, 5.74) is 1.09. The van der Waals surface area contributed by atoms with E-state index >= 15 is 0 Å². The van der Waals surface area contributed by atoms with Crippen LogP contribution in [0.15, 0.2) is 30.9 Å². The molecule has 15 heavy (non-hydrogen) atoms. The first-order chi connectivity index (χ1) is 7.10. The maximum atomic E-state index is 10.6. The Bertz CT molecular complexity index is 446. The van der Waals surface area contributed by atoms with Gasteiger partial charge in [0.15, 0.2) is 0 Å². The van der Waals surface area contributed by atoms with Crippen LogP contribution < -0.4 is 0 Å². The molecular formula is C11H10N2O2. The number of allylic oxidation sites excluding steroid dienone is 1. The minimum atomic E-state index is -0.472. The van der Waals surface area contributed by atoms with Gasteiger partial charge in [-0.3, -0.25) is 10.1 Å². The average molecular weight is 202 g/mol. The topological polar surface area (TPSA) is 66.9 Å². The fourth-order valence-corrected chi connectivity index (χ4v) is 1.27. The smallest absolute Gasteiger partial charge is 0.258 e. The molecule has 0 saturated heterocycles. The van der Waals surface area contributed by atoms with Crippen LogP contribution in [0.25, 0.3) is 0 Å². The highest BCUT2D eigenvalue weighted by atomic mass is 16.6. The van der Waals surface area contributed by atoms with Crippen molar-refractivity contribution >= 4 is 5.69 Å². The maximum Gasteiger partial charge on any atom is 0.269 e. The normalized spacial score (nSPS) is 11.5. The van der Waals surface area contributed by atoms with Crippen molar-refractivity contribution in [1.29, 1.82) is 5.26 Å². The number of non-ortho nitro benzene ring substituents is 1. The molecule has 0 aliphatic carbocycles. The van der Waals surface area contributed by atoms with Gasteiger partial charge in [-0.25, -0.2) is 0 Å². The predicted molar refractivity (Wildman–Crippen MR) is 56.4 cm³/mol. The van der Waals surface area contributed by atoms with E-state index in [0.717, 1.165) is 0 Å². The molecule has 1 unspecified atom stereocenters. The van der Waals surface area contributed by atoms with E-state index in [2.05, 4.69) is 6.58 Å². The van der Waals surface area contributed by atoms with Crippen LogP contribution in [0.3, 0.4) is 0 Å². The third-order valence-electron chi connectivity index (χ3n) is 2.21. The van der Waals surface area contributed by atoms with Gasteiger partial charge in [-0.2, -0.15) is 5.26 Å². The highest BCUT2D eigenvalue weighted by molar-refractivity contribution is 5.48. The van der Waals surface area contributed by atoms with Gasteiger partial charge in [0.2, 0.25) is 0 Å². The number of rotatable bonds is 3. The van der Waals surface area contributed by atoms with Crippen LogP contribution in [-0.2, 0) is 0 Å². The third kappa shape index (κ3) is 2.20. The molecule has 0 fully saturated rings. The van der Waals surface area contributed by atoms with E-state index in [1.54, 1.807) is 6.08 Å². The Labute approximate surface area is 87.6 Å². The molecule has 0 aromatic heterocycles. The van der Waals surface area contributed by atoms with Gasteiger partial charge in [0.1, 0.15) is 0 Å². The lowest BCUT2D eigenvalue weighted by Crippen LogP contribution is -1.96. The first-order valence-electron chi connectivity index (χ1n) is 4.41. The Morgan fingerprint density at radius 3 is 2.80 bits per heavy atom. The van der Waals surface area contributed by atoms with Crippen molar-refractivity contribution in [2.45, 2.75) is 12.8 Å². The van der Waals surface area contributed by atoms with Crippen LogP contribution in [0.4, 0.5) is 5.69 Å². The molecule has 0 bridgehead atoms. The van der Waals surface area contributed by atoms with Gasteiger partial charge in [0.05, 0.1) is 16.6 Å². The van der Waals surface area contributed by atoms with E-state index < -0.39 is 4.92 Å². The number of nitro benzene ring substituents is 1. The second kappa shape index (κ2) is 4.38. The zero-order chi connectivity index (χ0) is 11.4. The Kier molecular flexibility index (Phi) is 3.19. The highest BCUT2D eigenvalue weighted by Gasteiger charge is 2.13. The van der Waals surface area contributed by atoms with E-state index in [4.69, 9.17) is 5.26 Å². The lowest BCUT2D eigenvalue weighted by molar-refractivity contribution is -0.384. The van der Waals surface area contributed by atoms with Crippen LogP contribution in [0.5, 0.6) is 0 Å². The van der Waals surface area contributed by atoms with Crippen LogP contribution in [0.1, 0.15) is 24.0 Å². The van der Waals surface area contributed by atoms with E-state index in [1.807, 2.05) is 13.0 Å². The van der Waals surface area contributed by atoms with Gasteiger partial charge < -0.3 is 0 Å². The van der Waals surface area contributed by atoms with E-state index in [-0.39, 0.29) is 11.6 Å². The van der Waals surface area contributed by atoms with Crippen LogP contribution in [-0.4, -0.2) is 4.92 Å². The summed E-state index contributed by atoms with van der Waals surface area (Å²) in [4.78, 5) is 10.1. The van der Waals surface area contributed by atoms with Crippen molar-refractivity contribution in [3.05, 3.63) is 52.1 Å². The number of nitro groups is 1. The fraction of sp³-hybridized carbons (Fsp3) is 0.182. The Balaban J connectivity index is 3.32. The lowest BCUT2D eigenvalue weighted by atomic mass is 9.96. The summed E-state index contributed by atoms with van der Waals surface area (Å²) in [6.07, 6.45) is 1.65. The molecule has 1 rings (SSSR count). The highest BCUT2D eigenvalue weighted by Crippen LogP contribution is 2.24. The van der Waals surface area contributed by atoms with Gasteiger partial charge in [0.25, 0.3) is 5.69 Å². The summed E-state index contributed by atoms with van der Waals surface area (Å²) in [6, 6.07) is 6.23. The third-order valence-corrected chi connectivity index (χ3v) is 2.21. The van der Waals surface area contributed by atoms with Crippen LogP contribution in [0.2, 0.25) is 0 Å². The minimum Gasteiger partial charge on any atom is -0.258 e. The Hall–Kier alpha value is -2.15. The molecular weight excluding hydrogens is 192 g/mol. The summed E-state index contributed by atoms with van der Waals surface area (Å²) in [5.74, 6) is -0.0699. The number of nitrogens with zero attached hydrogens (tertiary/aromatic N) is 2. The second-order valence-electron chi connectivity index (χ2n) is 3.16. The molecule has 1 aromatic rings. The molecule has 0 amide bonds. The number of hydrogen-bond donors (Lipinski definition) is 0. The second-order valence-corrected chi connectivity index (χ2v) is 3.16. The summed E-state index contributed by atoms with van der Waals surface area (Å²) in [7, 11) is 0.